The van der Waals surface area contributed by atoms with Crippen molar-refractivity contribution in [3.05, 3.63) is 35.4 Å². The molecule has 0 aliphatic heterocycles. The summed E-state index contributed by atoms with van der Waals surface area (Å²) in [7, 11) is 0. The van der Waals surface area contributed by atoms with Crippen molar-refractivity contribution in [3.63, 3.8) is 0 Å². The molecule has 2 atom stereocenters. The molecule has 23 heavy (non-hydrogen) atoms. The summed E-state index contributed by atoms with van der Waals surface area (Å²) in [5.41, 5.74) is 2.00. The lowest BCUT2D eigenvalue weighted by Crippen LogP contribution is -2.14. The van der Waals surface area contributed by atoms with Gasteiger partial charge in [0.1, 0.15) is 11.5 Å². The van der Waals surface area contributed by atoms with Gasteiger partial charge in [-0.1, -0.05) is 31.2 Å². The number of hydrogen-bond donors (Lipinski definition) is 1. The molecule has 120 valence electrons. The molecule has 0 spiro atoms. The monoisotopic (exact) mass is 312 g/mol. The number of rotatable bonds is 3. The number of fused-ring (bicyclic) bond motifs is 6. The second kappa shape index (κ2) is 5.44. The number of carbonyl (C=O) groups excluding carboxylic acids is 1. The first-order valence-corrected chi connectivity index (χ1v) is 8.32. The second-order valence-corrected chi connectivity index (χ2v) is 6.46. The van der Waals surface area contributed by atoms with Crippen LogP contribution in [0.15, 0.2) is 24.3 Å². The van der Waals surface area contributed by atoms with Gasteiger partial charge < -0.3 is 14.6 Å². The van der Waals surface area contributed by atoms with Crippen LogP contribution in [0.1, 0.15) is 55.6 Å². The smallest absolute Gasteiger partial charge is 0.507 e. The van der Waals surface area contributed by atoms with Crippen molar-refractivity contribution in [1.29, 1.82) is 0 Å². The fraction of sp³-hybridized carbons (Fsp3) is 0.421. The Hall–Kier alpha value is -2.23. The van der Waals surface area contributed by atoms with E-state index >= 15 is 0 Å². The van der Waals surface area contributed by atoms with Gasteiger partial charge in [-0.15, -0.1) is 0 Å². The highest BCUT2D eigenvalue weighted by atomic mass is 16.7. The molecule has 4 nitrogen and oxygen atoms in total. The maximum Gasteiger partial charge on any atom is 0.513 e. The lowest BCUT2D eigenvalue weighted by atomic mass is 9.87. The van der Waals surface area contributed by atoms with Gasteiger partial charge in [-0.05, 0) is 37.5 Å². The van der Waals surface area contributed by atoms with E-state index in [1.165, 1.54) is 0 Å². The highest BCUT2D eigenvalue weighted by Crippen LogP contribution is 2.60. The van der Waals surface area contributed by atoms with E-state index in [-0.39, 0.29) is 0 Å². The quantitative estimate of drug-likeness (QED) is 0.651. The number of ether oxygens (including phenoxy) is 2. The van der Waals surface area contributed by atoms with Crippen LogP contribution in [-0.4, -0.2) is 17.9 Å². The highest BCUT2D eigenvalue weighted by Gasteiger charge is 2.42. The van der Waals surface area contributed by atoms with E-state index in [4.69, 9.17) is 9.47 Å². The molecule has 0 aromatic heterocycles. The van der Waals surface area contributed by atoms with Crippen LogP contribution >= 0.6 is 0 Å². The Kier molecular flexibility index (Phi) is 3.40. The van der Waals surface area contributed by atoms with Crippen LogP contribution in [-0.2, 0) is 4.74 Å². The Morgan fingerprint density at radius 2 is 1.87 bits per heavy atom. The molecule has 0 amide bonds. The molecule has 2 aliphatic carbocycles. The van der Waals surface area contributed by atoms with E-state index in [1.807, 2.05) is 31.2 Å². The predicted molar refractivity (Wildman–Crippen MR) is 87.2 cm³/mol. The average Bonchev–Trinajstić information content (AvgIpc) is 3.18. The van der Waals surface area contributed by atoms with Gasteiger partial charge in [0.05, 0.1) is 6.61 Å². The average molecular weight is 312 g/mol. The van der Waals surface area contributed by atoms with Crippen molar-refractivity contribution in [2.75, 3.05) is 6.61 Å². The van der Waals surface area contributed by atoms with Crippen molar-refractivity contribution in [3.8, 4) is 11.5 Å². The summed E-state index contributed by atoms with van der Waals surface area (Å²) in [5.74, 6) is 1.70. The van der Waals surface area contributed by atoms with Crippen molar-refractivity contribution >= 4 is 16.9 Å². The molecule has 2 aromatic rings. The normalized spacial score (nSPS) is 21.4. The molecular weight excluding hydrogens is 292 g/mol. The van der Waals surface area contributed by atoms with Crippen LogP contribution in [0, 0.1) is 0 Å². The van der Waals surface area contributed by atoms with E-state index in [0.717, 1.165) is 47.6 Å². The zero-order chi connectivity index (χ0) is 16.0. The van der Waals surface area contributed by atoms with E-state index in [0.29, 0.717) is 29.9 Å². The van der Waals surface area contributed by atoms with E-state index < -0.39 is 6.16 Å². The minimum absolute atomic E-state index is 0.350. The Balaban J connectivity index is 1.87. The van der Waals surface area contributed by atoms with Gasteiger partial charge in [0.25, 0.3) is 0 Å². The summed E-state index contributed by atoms with van der Waals surface area (Å²) in [4.78, 5) is 12.0. The topological polar surface area (TPSA) is 55.8 Å². The van der Waals surface area contributed by atoms with E-state index in [2.05, 4.69) is 0 Å². The number of aromatic hydroxyl groups is 1. The second-order valence-electron chi connectivity index (χ2n) is 6.46. The largest absolute Gasteiger partial charge is 0.513 e. The van der Waals surface area contributed by atoms with Crippen LogP contribution in [0.5, 0.6) is 11.5 Å². The number of phenols is 1. The van der Waals surface area contributed by atoms with Gasteiger partial charge in [-0.25, -0.2) is 4.79 Å². The van der Waals surface area contributed by atoms with Gasteiger partial charge in [0.15, 0.2) is 0 Å². The fourth-order valence-electron chi connectivity index (χ4n) is 4.16. The van der Waals surface area contributed by atoms with E-state index in [9.17, 15) is 9.90 Å². The fourth-order valence-corrected chi connectivity index (χ4v) is 4.16. The summed E-state index contributed by atoms with van der Waals surface area (Å²) in [6.07, 6.45) is 3.33. The molecule has 0 saturated heterocycles. The molecule has 4 rings (SSSR count). The SMILES string of the molecule is CCCOC(=O)Oc1c2c(c(O)c3ccccc13)C1CCC2C1. The Labute approximate surface area is 135 Å². The molecule has 0 heterocycles. The molecule has 2 aliphatic rings. The zero-order valence-corrected chi connectivity index (χ0v) is 13.2. The molecule has 0 radical (unpaired) electrons. The minimum Gasteiger partial charge on any atom is -0.507 e. The van der Waals surface area contributed by atoms with Crippen LogP contribution in [0.3, 0.4) is 0 Å². The van der Waals surface area contributed by atoms with Crippen molar-refractivity contribution in [2.24, 2.45) is 0 Å². The van der Waals surface area contributed by atoms with Crippen molar-refractivity contribution in [1.82, 2.24) is 0 Å². The van der Waals surface area contributed by atoms with Gasteiger partial charge in [-0.3, -0.25) is 0 Å². The van der Waals surface area contributed by atoms with Crippen molar-refractivity contribution in [2.45, 2.75) is 44.4 Å². The van der Waals surface area contributed by atoms with Gasteiger partial charge in [0.2, 0.25) is 0 Å². The first-order chi connectivity index (χ1) is 11.2. The molecule has 2 unspecified atom stereocenters. The van der Waals surface area contributed by atoms with Crippen LogP contribution in [0.25, 0.3) is 10.8 Å². The summed E-state index contributed by atoms with van der Waals surface area (Å²) in [6.45, 7) is 2.29. The molecule has 4 heteroatoms. The number of hydrogen-bond acceptors (Lipinski definition) is 4. The zero-order valence-electron chi connectivity index (χ0n) is 13.2. The molecule has 1 fully saturated rings. The maximum atomic E-state index is 12.0. The molecule has 2 aromatic carbocycles. The summed E-state index contributed by atoms with van der Waals surface area (Å²) < 4.78 is 10.7. The molecular formula is C19H20O4. The summed E-state index contributed by atoms with van der Waals surface area (Å²) in [6, 6.07) is 7.55. The summed E-state index contributed by atoms with van der Waals surface area (Å²) in [5, 5.41) is 12.3. The standard InChI is InChI=1S/C19H20O4/c1-2-9-22-19(21)23-18-14-6-4-3-5-13(14)17(20)15-11-7-8-12(10-11)16(15)18/h3-6,11-12,20H,2,7-10H2,1H3. The maximum absolute atomic E-state index is 12.0. The van der Waals surface area contributed by atoms with Crippen molar-refractivity contribution < 1.29 is 19.4 Å². The first-order valence-electron chi connectivity index (χ1n) is 8.32. The minimum atomic E-state index is -0.660. The molecule has 1 N–H and O–H groups in total. The predicted octanol–water partition coefficient (Wildman–Crippen LogP) is 4.84. The van der Waals surface area contributed by atoms with Crippen LogP contribution in [0.2, 0.25) is 0 Å². The third-order valence-corrected chi connectivity index (χ3v) is 5.08. The number of benzene rings is 2. The molecule has 2 bridgehead atoms. The third kappa shape index (κ3) is 2.16. The van der Waals surface area contributed by atoms with Gasteiger partial charge in [-0.2, -0.15) is 0 Å². The van der Waals surface area contributed by atoms with Gasteiger partial charge >= 0.3 is 6.16 Å². The lowest BCUT2D eigenvalue weighted by molar-refractivity contribution is 0.0992. The molecule has 1 saturated carbocycles. The number of carbonyl (C=O) groups is 1. The Bertz CT molecular complexity index is 781. The number of phenolic OH excluding ortho intramolecular Hbond substituents is 1. The van der Waals surface area contributed by atoms with Gasteiger partial charge in [0, 0.05) is 21.9 Å². The lowest BCUT2D eigenvalue weighted by Gasteiger charge is -2.22. The first kappa shape index (κ1) is 14.4. The highest BCUT2D eigenvalue weighted by molar-refractivity contribution is 5.97. The Morgan fingerprint density at radius 3 is 2.61 bits per heavy atom. The third-order valence-electron chi connectivity index (χ3n) is 5.08. The van der Waals surface area contributed by atoms with E-state index in [1.54, 1.807) is 0 Å². The van der Waals surface area contributed by atoms with Crippen LogP contribution in [0.4, 0.5) is 4.79 Å². The summed E-state index contributed by atoms with van der Waals surface area (Å²) >= 11 is 0. The van der Waals surface area contributed by atoms with Crippen LogP contribution < -0.4 is 4.74 Å². The Morgan fingerprint density at radius 1 is 1.17 bits per heavy atom.